The summed E-state index contributed by atoms with van der Waals surface area (Å²) in [4.78, 5) is 13.0. The van der Waals surface area contributed by atoms with Gasteiger partial charge in [0.05, 0.1) is 16.9 Å². The lowest BCUT2D eigenvalue weighted by Gasteiger charge is -2.04. The fourth-order valence-electron chi connectivity index (χ4n) is 1.60. The van der Waals surface area contributed by atoms with Crippen molar-refractivity contribution in [2.45, 2.75) is 19.8 Å². The number of rotatable bonds is 2. The van der Waals surface area contributed by atoms with Crippen molar-refractivity contribution in [2.24, 2.45) is 0 Å². The zero-order valence-electron chi connectivity index (χ0n) is 8.93. The molecule has 16 heavy (non-hydrogen) atoms. The predicted molar refractivity (Wildman–Crippen MR) is 58.0 cm³/mol. The maximum absolute atomic E-state index is 11.8. The molecule has 1 aromatic heterocycles. The number of nitro benzene ring substituents is 1. The summed E-state index contributed by atoms with van der Waals surface area (Å²) in [6.45, 7) is 3.76. The van der Waals surface area contributed by atoms with Gasteiger partial charge >= 0.3 is 0 Å². The lowest BCUT2D eigenvalue weighted by molar-refractivity contribution is -0.587. The molecule has 0 unspecified atom stereocenters. The number of fused-ring (bicyclic) bond motifs is 1. The van der Waals surface area contributed by atoms with E-state index in [1.54, 1.807) is 6.07 Å². The molecule has 0 bridgehead atoms. The van der Waals surface area contributed by atoms with Gasteiger partial charge in [0.15, 0.2) is 11.0 Å². The Balaban J connectivity index is 2.69. The van der Waals surface area contributed by atoms with Gasteiger partial charge in [-0.05, 0) is 6.07 Å². The molecule has 84 valence electrons. The van der Waals surface area contributed by atoms with Crippen molar-refractivity contribution in [1.82, 2.24) is 4.98 Å². The quantitative estimate of drug-likeness (QED) is 0.363. The van der Waals surface area contributed by atoms with Crippen molar-refractivity contribution in [2.75, 3.05) is 0 Å². The van der Waals surface area contributed by atoms with Gasteiger partial charge < -0.3 is 5.21 Å². The summed E-state index contributed by atoms with van der Waals surface area (Å²) in [5, 5.41) is 22.4. The molecular formula is C10H11N3O3. The van der Waals surface area contributed by atoms with E-state index < -0.39 is 4.92 Å². The number of aromatic amines is 1. The van der Waals surface area contributed by atoms with Crippen molar-refractivity contribution in [3.05, 3.63) is 39.3 Å². The van der Waals surface area contributed by atoms with Crippen molar-refractivity contribution in [1.29, 1.82) is 0 Å². The summed E-state index contributed by atoms with van der Waals surface area (Å²) in [5.41, 5.74) is 0.841. The van der Waals surface area contributed by atoms with E-state index in [9.17, 15) is 15.3 Å². The molecule has 0 aliphatic carbocycles. The van der Waals surface area contributed by atoms with Crippen LogP contribution in [-0.2, 0) is 0 Å². The lowest BCUT2D eigenvalue weighted by atomic mass is 10.2. The van der Waals surface area contributed by atoms with Crippen LogP contribution in [0.5, 0.6) is 0 Å². The molecule has 1 aromatic carbocycles. The van der Waals surface area contributed by atoms with Gasteiger partial charge in [0, 0.05) is 6.07 Å². The Hall–Kier alpha value is -2.11. The lowest BCUT2D eigenvalue weighted by Crippen LogP contribution is -2.30. The Morgan fingerprint density at radius 1 is 1.44 bits per heavy atom. The Kier molecular flexibility index (Phi) is 2.26. The second-order valence-electron chi connectivity index (χ2n) is 3.92. The zero-order chi connectivity index (χ0) is 11.9. The molecule has 0 atom stereocenters. The summed E-state index contributed by atoms with van der Waals surface area (Å²) in [6, 6.07) is 4.21. The van der Waals surface area contributed by atoms with Gasteiger partial charge in [-0.3, -0.25) is 10.1 Å². The average molecular weight is 221 g/mol. The molecule has 0 spiro atoms. The zero-order valence-corrected chi connectivity index (χ0v) is 8.93. The Labute approximate surface area is 91.2 Å². The Morgan fingerprint density at radius 3 is 2.69 bits per heavy atom. The summed E-state index contributed by atoms with van der Waals surface area (Å²) < 4.78 is 0.715. The van der Waals surface area contributed by atoms with E-state index >= 15 is 0 Å². The Bertz CT molecular complexity index is 560. The minimum Gasteiger partial charge on any atom is -0.710 e. The number of imidazole rings is 1. The highest BCUT2D eigenvalue weighted by Gasteiger charge is 2.19. The van der Waals surface area contributed by atoms with Crippen LogP contribution in [0.25, 0.3) is 11.0 Å². The normalized spacial score (nSPS) is 11.2. The third kappa shape index (κ3) is 1.48. The summed E-state index contributed by atoms with van der Waals surface area (Å²) >= 11 is 0. The molecule has 0 aliphatic heterocycles. The summed E-state index contributed by atoms with van der Waals surface area (Å²) in [7, 11) is 0. The van der Waals surface area contributed by atoms with Crippen molar-refractivity contribution < 1.29 is 9.65 Å². The van der Waals surface area contributed by atoms with Crippen LogP contribution < -0.4 is 4.73 Å². The molecule has 0 saturated carbocycles. The fourth-order valence-corrected chi connectivity index (χ4v) is 1.60. The van der Waals surface area contributed by atoms with Crippen molar-refractivity contribution >= 4 is 16.7 Å². The van der Waals surface area contributed by atoms with Gasteiger partial charge in [-0.15, -0.1) is 0 Å². The molecular weight excluding hydrogens is 210 g/mol. The minimum atomic E-state index is -0.512. The van der Waals surface area contributed by atoms with Crippen LogP contribution in [0.2, 0.25) is 0 Å². The first-order valence-corrected chi connectivity index (χ1v) is 4.90. The first kappa shape index (κ1) is 10.4. The topological polar surface area (TPSA) is 85.9 Å². The number of aromatic nitrogens is 2. The predicted octanol–water partition coefficient (Wildman–Crippen LogP) is 1.83. The van der Waals surface area contributed by atoms with Crippen molar-refractivity contribution in [3.8, 4) is 0 Å². The van der Waals surface area contributed by atoms with E-state index in [-0.39, 0.29) is 11.6 Å². The molecule has 2 rings (SSSR count). The standard InChI is InChI=1S/C10H11N3O3/c1-6(2)10-11-8-4-3-7(13(15)16)5-9(8)12(10)14/h3-6,11H,1-2H3. The summed E-state index contributed by atoms with van der Waals surface area (Å²) in [5.74, 6) is 0.555. The first-order chi connectivity index (χ1) is 7.50. The van der Waals surface area contributed by atoms with Gasteiger partial charge in [0.25, 0.3) is 11.5 Å². The average Bonchev–Trinajstić information content (AvgIpc) is 2.56. The fraction of sp³-hybridized carbons (Fsp3) is 0.300. The minimum absolute atomic E-state index is 0.0453. The van der Waals surface area contributed by atoms with Gasteiger partial charge in [-0.25, -0.2) is 9.71 Å². The van der Waals surface area contributed by atoms with Crippen LogP contribution in [0, 0.1) is 15.3 Å². The molecule has 0 radical (unpaired) electrons. The number of benzene rings is 1. The third-order valence-electron chi connectivity index (χ3n) is 2.44. The number of hydrogen-bond acceptors (Lipinski definition) is 3. The first-order valence-electron chi connectivity index (χ1n) is 4.90. The van der Waals surface area contributed by atoms with Crippen LogP contribution in [0.4, 0.5) is 5.69 Å². The number of nitrogens with one attached hydrogen (secondary N) is 1. The van der Waals surface area contributed by atoms with Crippen LogP contribution in [-0.4, -0.2) is 9.91 Å². The number of hydrogen-bond donors (Lipinski definition) is 1. The third-order valence-corrected chi connectivity index (χ3v) is 2.44. The molecule has 0 aliphatic rings. The molecule has 2 aromatic rings. The maximum Gasteiger partial charge on any atom is 0.274 e. The maximum atomic E-state index is 11.8. The van der Waals surface area contributed by atoms with E-state index in [1.165, 1.54) is 12.1 Å². The largest absolute Gasteiger partial charge is 0.710 e. The number of non-ortho nitro benzene ring substituents is 1. The van der Waals surface area contributed by atoms with Crippen LogP contribution in [0.15, 0.2) is 18.2 Å². The summed E-state index contributed by atoms with van der Waals surface area (Å²) in [6.07, 6.45) is 0. The number of nitrogens with zero attached hydrogens (tertiary/aromatic N) is 2. The molecule has 6 heteroatoms. The van der Waals surface area contributed by atoms with Crippen LogP contribution in [0.1, 0.15) is 25.6 Å². The second kappa shape index (κ2) is 3.48. The van der Waals surface area contributed by atoms with Gasteiger partial charge in [0.1, 0.15) is 0 Å². The highest BCUT2D eigenvalue weighted by atomic mass is 16.6. The van der Waals surface area contributed by atoms with Gasteiger partial charge in [0.2, 0.25) is 0 Å². The Morgan fingerprint density at radius 2 is 2.12 bits per heavy atom. The smallest absolute Gasteiger partial charge is 0.274 e. The van der Waals surface area contributed by atoms with Crippen LogP contribution >= 0.6 is 0 Å². The molecule has 0 amide bonds. The van der Waals surface area contributed by atoms with Gasteiger partial charge in [-0.1, -0.05) is 13.8 Å². The number of H-pyrrole nitrogens is 1. The molecule has 1 heterocycles. The highest BCUT2D eigenvalue weighted by molar-refractivity contribution is 5.74. The second-order valence-corrected chi connectivity index (χ2v) is 3.92. The van der Waals surface area contributed by atoms with Crippen molar-refractivity contribution in [3.63, 3.8) is 0 Å². The van der Waals surface area contributed by atoms with E-state index in [4.69, 9.17) is 0 Å². The molecule has 1 N–H and O–H groups in total. The van der Waals surface area contributed by atoms with E-state index in [0.717, 1.165) is 0 Å². The van der Waals surface area contributed by atoms with Gasteiger partial charge in [-0.2, -0.15) is 0 Å². The van der Waals surface area contributed by atoms with E-state index in [2.05, 4.69) is 4.98 Å². The SMILES string of the molecule is CC(C)c1[nH]c2ccc([N+](=O)[O-])cc2[n+]1[O-]. The van der Waals surface area contributed by atoms with Crippen LogP contribution in [0.3, 0.4) is 0 Å². The molecule has 0 fully saturated rings. The molecule has 0 saturated heterocycles. The van der Waals surface area contributed by atoms with E-state index in [1.807, 2.05) is 13.8 Å². The highest BCUT2D eigenvalue weighted by Crippen LogP contribution is 2.19. The van der Waals surface area contributed by atoms with E-state index in [0.29, 0.717) is 21.6 Å². The monoisotopic (exact) mass is 221 g/mol. The molecule has 6 nitrogen and oxygen atoms in total. The number of nitro groups is 1.